The third-order valence-electron chi connectivity index (χ3n) is 5.22. The van der Waals surface area contributed by atoms with Crippen molar-refractivity contribution in [1.29, 1.82) is 0 Å². The third-order valence-corrected chi connectivity index (χ3v) is 5.22. The molecule has 1 amide bonds. The summed E-state index contributed by atoms with van der Waals surface area (Å²) in [6.07, 6.45) is 1.08. The molecule has 2 aromatic carbocycles. The zero-order valence-electron chi connectivity index (χ0n) is 17.5. The van der Waals surface area contributed by atoms with Crippen LogP contribution < -0.4 is 14.4 Å². The maximum Gasteiger partial charge on any atom is 0.222 e. The molecule has 3 rings (SSSR count). The molecule has 0 spiro atoms. The monoisotopic (exact) mass is 398 g/mol. The maximum absolute atomic E-state index is 12.7. The number of methoxy groups -OCH3 is 2. The number of hydrogen-bond acceptors (Lipinski definition) is 5. The molecular weight excluding hydrogens is 368 g/mol. The predicted octanol–water partition coefficient (Wildman–Crippen LogP) is 3.13. The second kappa shape index (κ2) is 10.2. The van der Waals surface area contributed by atoms with E-state index in [4.69, 9.17) is 14.2 Å². The topological polar surface area (TPSA) is 51.2 Å². The summed E-state index contributed by atoms with van der Waals surface area (Å²) in [7, 11) is 5.12. The first-order valence-electron chi connectivity index (χ1n) is 9.97. The van der Waals surface area contributed by atoms with Gasteiger partial charge in [0.15, 0.2) is 0 Å². The summed E-state index contributed by atoms with van der Waals surface area (Å²) in [6, 6.07) is 14.0. The number of nitrogens with zero attached hydrogens (tertiary/aromatic N) is 2. The summed E-state index contributed by atoms with van der Waals surface area (Å²) in [5.41, 5.74) is 3.37. The van der Waals surface area contributed by atoms with Gasteiger partial charge in [0.05, 0.1) is 27.4 Å². The predicted molar refractivity (Wildman–Crippen MR) is 114 cm³/mol. The number of morpholine rings is 1. The van der Waals surface area contributed by atoms with Crippen LogP contribution in [0.25, 0.3) is 0 Å². The van der Waals surface area contributed by atoms with E-state index in [-0.39, 0.29) is 5.91 Å². The van der Waals surface area contributed by atoms with Gasteiger partial charge in [-0.05, 0) is 35.7 Å². The van der Waals surface area contributed by atoms with E-state index in [1.54, 1.807) is 19.1 Å². The van der Waals surface area contributed by atoms with Crippen molar-refractivity contribution in [3.8, 4) is 11.5 Å². The number of carbonyl (C=O) groups excluding carboxylic acids is 1. The summed E-state index contributed by atoms with van der Waals surface area (Å²) in [4.78, 5) is 16.9. The van der Waals surface area contributed by atoms with E-state index < -0.39 is 0 Å². The lowest BCUT2D eigenvalue weighted by atomic mass is 10.1. The zero-order valence-corrected chi connectivity index (χ0v) is 17.5. The Morgan fingerprint density at radius 3 is 2.38 bits per heavy atom. The van der Waals surface area contributed by atoms with E-state index in [1.807, 2.05) is 37.4 Å². The molecule has 0 aliphatic carbocycles. The van der Waals surface area contributed by atoms with Crippen LogP contribution >= 0.6 is 0 Å². The van der Waals surface area contributed by atoms with Crippen molar-refractivity contribution < 1.29 is 19.0 Å². The second-order valence-corrected chi connectivity index (χ2v) is 7.20. The second-order valence-electron chi connectivity index (χ2n) is 7.20. The molecule has 1 fully saturated rings. The molecular formula is C23H30N2O4. The molecule has 1 aliphatic rings. The molecule has 0 saturated carbocycles. The molecule has 29 heavy (non-hydrogen) atoms. The number of para-hydroxylation sites is 1. The molecule has 1 aliphatic heterocycles. The Balaban J connectivity index is 1.61. The van der Waals surface area contributed by atoms with Gasteiger partial charge in [-0.15, -0.1) is 0 Å². The lowest BCUT2D eigenvalue weighted by Crippen LogP contribution is -2.37. The van der Waals surface area contributed by atoms with E-state index in [2.05, 4.69) is 17.0 Å². The van der Waals surface area contributed by atoms with Gasteiger partial charge in [-0.3, -0.25) is 4.79 Å². The normalized spacial score (nSPS) is 13.8. The summed E-state index contributed by atoms with van der Waals surface area (Å²) in [5, 5.41) is 0. The first kappa shape index (κ1) is 21.0. The Bertz CT molecular complexity index is 796. The molecule has 6 nitrogen and oxygen atoms in total. The van der Waals surface area contributed by atoms with Gasteiger partial charge in [-0.1, -0.05) is 18.2 Å². The highest BCUT2D eigenvalue weighted by Crippen LogP contribution is 2.25. The molecule has 1 saturated heterocycles. The molecule has 156 valence electrons. The minimum absolute atomic E-state index is 0.114. The summed E-state index contributed by atoms with van der Waals surface area (Å²) in [5.74, 6) is 1.59. The smallest absolute Gasteiger partial charge is 0.222 e. The van der Waals surface area contributed by atoms with Crippen LogP contribution in [0.1, 0.15) is 17.5 Å². The van der Waals surface area contributed by atoms with Crippen molar-refractivity contribution in [3.63, 3.8) is 0 Å². The van der Waals surface area contributed by atoms with Crippen LogP contribution in [0.5, 0.6) is 11.5 Å². The van der Waals surface area contributed by atoms with E-state index >= 15 is 0 Å². The highest BCUT2D eigenvalue weighted by atomic mass is 16.5. The fourth-order valence-electron chi connectivity index (χ4n) is 3.55. The van der Waals surface area contributed by atoms with Gasteiger partial charge in [-0.25, -0.2) is 0 Å². The summed E-state index contributed by atoms with van der Waals surface area (Å²) >= 11 is 0. The first-order valence-corrected chi connectivity index (χ1v) is 9.97. The average Bonchev–Trinajstić information content (AvgIpc) is 2.78. The molecule has 0 bridgehead atoms. The third kappa shape index (κ3) is 5.64. The van der Waals surface area contributed by atoms with Gasteiger partial charge in [0.1, 0.15) is 11.5 Å². The molecule has 0 unspecified atom stereocenters. The van der Waals surface area contributed by atoms with Crippen molar-refractivity contribution in [1.82, 2.24) is 4.90 Å². The van der Waals surface area contributed by atoms with E-state index in [1.165, 1.54) is 5.69 Å². The van der Waals surface area contributed by atoms with Gasteiger partial charge in [0, 0.05) is 44.9 Å². The highest BCUT2D eigenvalue weighted by molar-refractivity contribution is 5.76. The SMILES string of the molecule is COc1cc(CCC(=O)N(C)Cc2ccccc2N2CCOCC2)cc(OC)c1. The quantitative estimate of drug-likeness (QED) is 0.684. The Morgan fingerprint density at radius 2 is 1.72 bits per heavy atom. The summed E-state index contributed by atoms with van der Waals surface area (Å²) in [6.45, 7) is 3.84. The van der Waals surface area contributed by atoms with Gasteiger partial charge >= 0.3 is 0 Å². The van der Waals surface area contributed by atoms with Crippen molar-refractivity contribution >= 4 is 11.6 Å². The fraction of sp³-hybridized carbons (Fsp3) is 0.435. The Morgan fingerprint density at radius 1 is 1.07 bits per heavy atom. The van der Waals surface area contributed by atoms with E-state index in [9.17, 15) is 4.79 Å². The minimum Gasteiger partial charge on any atom is -0.497 e. The van der Waals surface area contributed by atoms with Crippen LogP contribution in [0.3, 0.4) is 0 Å². The number of hydrogen-bond donors (Lipinski definition) is 0. The number of carbonyl (C=O) groups is 1. The fourth-order valence-corrected chi connectivity index (χ4v) is 3.55. The van der Waals surface area contributed by atoms with Crippen molar-refractivity contribution in [2.24, 2.45) is 0 Å². The lowest BCUT2D eigenvalue weighted by Gasteiger charge is -2.31. The number of ether oxygens (including phenoxy) is 3. The molecule has 0 aromatic heterocycles. The number of amides is 1. The molecule has 1 heterocycles. The molecule has 0 N–H and O–H groups in total. The van der Waals surface area contributed by atoms with Crippen LogP contribution in [-0.2, 0) is 22.5 Å². The Hall–Kier alpha value is -2.73. The van der Waals surface area contributed by atoms with E-state index in [0.29, 0.717) is 19.4 Å². The first-order chi connectivity index (χ1) is 14.1. The number of aryl methyl sites for hydroxylation is 1. The highest BCUT2D eigenvalue weighted by Gasteiger charge is 2.17. The number of rotatable bonds is 8. The largest absolute Gasteiger partial charge is 0.497 e. The van der Waals surface area contributed by atoms with Crippen molar-refractivity contribution in [3.05, 3.63) is 53.6 Å². The van der Waals surface area contributed by atoms with Crippen LogP contribution in [0.15, 0.2) is 42.5 Å². The lowest BCUT2D eigenvalue weighted by molar-refractivity contribution is -0.130. The Labute approximate surface area is 173 Å². The Kier molecular flexibility index (Phi) is 7.36. The van der Waals surface area contributed by atoms with Gasteiger partial charge in [0.2, 0.25) is 5.91 Å². The standard InChI is InChI=1S/C23H30N2O4/c1-24(17-19-6-4-5-7-22(19)25-10-12-29-13-11-25)23(26)9-8-18-14-20(27-2)16-21(15-18)28-3/h4-7,14-16H,8-13,17H2,1-3H3. The van der Waals surface area contributed by atoms with Crippen LogP contribution in [0.4, 0.5) is 5.69 Å². The summed E-state index contributed by atoms with van der Waals surface area (Å²) < 4.78 is 16.1. The average molecular weight is 399 g/mol. The van der Waals surface area contributed by atoms with Crippen molar-refractivity contribution in [2.45, 2.75) is 19.4 Å². The molecule has 6 heteroatoms. The van der Waals surface area contributed by atoms with Gasteiger partial charge in [-0.2, -0.15) is 0 Å². The molecule has 2 aromatic rings. The maximum atomic E-state index is 12.7. The number of anilines is 1. The molecule has 0 radical (unpaired) electrons. The number of benzene rings is 2. The molecule has 0 atom stereocenters. The minimum atomic E-state index is 0.114. The van der Waals surface area contributed by atoms with Crippen molar-refractivity contribution in [2.75, 3.05) is 52.5 Å². The van der Waals surface area contributed by atoms with Crippen LogP contribution in [-0.4, -0.2) is 58.4 Å². The van der Waals surface area contributed by atoms with Gasteiger partial charge < -0.3 is 24.0 Å². The van der Waals surface area contributed by atoms with Crippen LogP contribution in [0.2, 0.25) is 0 Å². The van der Waals surface area contributed by atoms with E-state index in [0.717, 1.165) is 48.9 Å². The van der Waals surface area contributed by atoms with Gasteiger partial charge in [0.25, 0.3) is 0 Å². The van der Waals surface area contributed by atoms with Crippen LogP contribution in [0, 0.1) is 0 Å². The zero-order chi connectivity index (χ0) is 20.6.